The molecule has 0 aromatic heterocycles. The predicted octanol–water partition coefficient (Wildman–Crippen LogP) is 4.31. The highest BCUT2D eigenvalue weighted by Gasteiger charge is 2.17. The topological polar surface area (TPSA) is 58.2 Å². The smallest absolute Gasteiger partial charge is 0.255 e. The minimum atomic E-state index is -0.176. The zero-order chi connectivity index (χ0) is 17.6. The van der Waals surface area contributed by atoms with Gasteiger partial charge in [-0.2, -0.15) is 0 Å². The summed E-state index contributed by atoms with van der Waals surface area (Å²) < 4.78 is 0. The van der Waals surface area contributed by atoms with Gasteiger partial charge in [0, 0.05) is 22.9 Å². The van der Waals surface area contributed by atoms with E-state index in [0.29, 0.717) is 11.1 Å². The Hall–Kier alpha value is -2.62. The van der Waals surface area contributed by atoms with Gasteiger partial charge in [-0.15, -0.1) is 0 Å². The Labute approximate surface area is 148 Å². The van der Waals surface area contributed by atoms with Crippen molar-refractivity contribution in [2.24, 2.45) is 0 Å². The van der Waals surface area contributed by atoms with E-state index in [1.807, 2.05) is 31.2 Å². The van der Waals surface area contributed by atoms with Gasteiger partial charge in [-0.25, -0.2) is 0 Å². The minimum absolute atomic E-state index is 0.0578. The van der Waals surface area contributed by atoms with Crippen LogP contribution in [0.4, 0.5) is 5.69 Å². The molecule has 0 bridgehead atoms. The largest absolute Gasteiger partial charge is 0.349 e. The predicted molar refractivity (Wildman–Crippen MR) is 99.9 cm³/mol. The van der Waals surface area contributed by atoms with E-state index in [1.54, 1.807) is 24.3 Å². The standard InChI is InChI=1S/C21H24N2O2/c1-15-6-5-9-19(14-15)23-21(25)17-12-10-16(11-13-17)20(24)22-18-7-3-2-4-8-18/h5-6,9-14,18H,2-4,7-8H2,1H3,(H,22,24)(H,23,25). The fourth-order valence-electron chi connectivity index (χ4n) is 3.21. The molecule has 2 amide bonds. The minimum Gasteiger partial charge on any atom is -0.349 e. The average molecular weight is 336 g/mol. The number of aryl methyl sites for hydroxylation is 1. The van der Waals surface area contributed by atoms with Gasteiger partial charge in [0.25, 0.3) is 11.8 Å². The molecular formula is C21H24N2O2. The van der Waals surface area contributed by atoms with Crippen LogP contribution in [-0.4, -0.2) is 17.9 Å². The summed E-state index contributed by atoms with van der Waals surface area (Å²) in [7, 11) is 0. The number of benzene rings is 2. The normalized spacial score (nSPS) is 14.8. The number of nitrogens with one attached hydrogen (secondary N) is 2. The number of carbonyl (C=O) groups is 2. The van der Waals surface area contributed by atoms with Gasteiger partial charge in [0.1, 0.15) is 0 Å². The van der Waals surface area contributed by atoms with E-state index in [9.17, 15) is 9.59 Å². The summed E-state index contributed by atoms with van der Waals surface area (Å²) in [6.45, 7) is 1.98. The Morgan fingerprint density at radius 3 is 2.16 bits per heavy atom. The van der Waals surface area contributed by atoms with Crippen LogP contribution in [0.15, 0.2) is 48.5 Å². The summed E-state index contributed by atoms with van der Waals surface area (Å²) in [4.78, 5) is 24.6. The van der Waals surface area contributed by atoms with Gasteiger partial charge in [0.05, 0.1) is 0 Å². The lowest BCUT2D eigenvalue weighted by molar-refractivity contribution is 0.0926. The Bertz CT molecular complexity index is 747. The average Bonchev–Trinajstić information content (AvgIpc) is 2.62. The van der Waals surface area contributed by atoms with E-state index in [1.165, 1.54) is 19.3 Å². The third-order valence-corrected chi connectivity index (χ3v) is 4.63. The number of carbonyl (C=O) groups excluding carboxylic acids is 2. The van der Waals surface area contributed by atoms with Gasteiger partial charge >= 0.3 is 0 Å². The first kappa shape index (κ1) is 17.2. The Kier molecular flexibility index (Phi) is 5.49. The lowest BCUT2D eigenvalue weighted by Crippen LogP contribution is -2.36. The lowest BCUT2D eigenvalue weighted by atomic mass is 9.95. The van der Waals surface area contributed by atoms with Crippen LogP contribution >= 0.6 is 0 Å². The van der Waals surface area contributed by atoms with Gasteiger partial charge in [-0.3, -0.25) is 9.59 Å². The summed E-state index contributed by atoms with van der Waals surface area (Å²) in [6, 6.07) is 14.8. The molecule has 2 aromatic carbocycles. The zero-order valence-corrected chi connectivity index (χ0v) is 14.5. The van der Waals surface area contributed by atoms with E-state index in [0.717, 1.165) is 24.1 Å². The number of amides is 2. The van der Waals surface area contributed by atoms with Gasteiger partial charge < -0.3 is 10.6 Å². The summed E-state index contributed by atoms with van der Waals surface area (Å²) in [6.07, 6.45) is 5.74. The maximum atomic E-state index is 12.3. The Morgan fingerprint density at radius 2 is 1.52 bits per heavy atom. The molecule has 1 aliphatic rings. The van der Waals surface area contributed by atoms with Crippen LogP contribution in [0.1, 0.15) is 58.4 Å². The van der Waals surface area contributed by atoms with Crippen molar-refractivity contribution in [2.75, 3.05) is 5.32 Å². The molecule has 4 nitrogen and oxygen atoms in total. The summed E-state index contributed by atoms with van der Waals surface area (Å²) in [5.74, 6) is -0.234. The van der Waals surface area contributed by atoms with Crippen molar-refractivity contribution < 1.29 is 9.59 Å². The van der Waals surface area contributed by atoms with Gasteiger partial charge in [0.15, 0.2) is 0 Å². The van der Waals surface area contributed by atoms with Gasteiger partial charge in [-0.1, -0.05) is 31.4 Å². The van der Waals surface area contributed by atoms with Crippen LogP contribution in [0.25, 0.3) is 0 Å². The second kappa shape index (κ2) is 7.97. The second-order valence-corrected chi connectivity index (χ2v) is 6.71. The van der Waals surface area contributed by atoms with Crippen LogP contribution < -0.4 is 10.6 Å². The summed E-state index contributed by atoms with van der Waals surface area (Å²) >= 11 is 0. The highest BCUT2D eigenvalue weighted by Crippen LogP contribution is 2.18. The van der Waals surface area contributed by atoms with Gasteiger partial charge in [-0.05, 0) is 61.7 Å². The fraction of sp³-hybridized carbons (Fsp3) is 0.333. The maximum Gasteiger partial charge on any atom is 0.255 e. The van der Waals surface area contributed by atoms with Crippen molar-refractivity contribution in [2.45, 2.75) is 45.1 Å². The molecule has 1 aliphatic carbocycles. The molecule has 0 saturated heterocycles. The maximum absolute atomic E-state index is 12.3. The molecule has 25 heavy (non-hydrogen) atoms. The lowest BCUT2D eigenvalue weighted by Gasteiger charge is -2.22. The molecule has 3 rings (SSSR count). The number of rotatable bonds is 4. The molecule has 4 heteroatoms. The van der Waals surface area contributed by atoms with Crippen molar-refractivity contribution in [1.82, 2.24) is 5.32 Å². The number of hydrogen-bond donors (Lipinski definition) is 2. The third kappa shape index (κ3) is 4.69. The molecule has 1 fully saturated rings. The third-order valence-electron chi connectivity index (χ3n) is 4.63. The number of anilines is 1. The summed E-state index contributed by atoms with van der Waals surface area (Å²) in [5, 5.41) is 5.96. The van der Waals surface area contributed by atoms with E-state index in [2.05, 4.69) is 10.6 Å². The van der Waals surface area contributed by atoms with Crippen LogP contribution in [0.3, 0.4) is 0 Å². The molecule has 2 aromatic rings. The van der Waals surface area contributed by atoms with E-state index in [-0.39, 0.29) is 17.9 Å². The van der Waals surface area contributed by atoms with Crippen molar-refractivity contribution in [3.63, 3.8) is 0 Å². The zero-order valence-electron chi connectivity index (χ0n) is 14.5. The van der Waals surface area contributed by atoms with E-state index < -0.39 is 0 Å². The SMILES string of the molecule is Cc1cccc(NC(=O)c2ccc(C(=O)NC3CCCCC3)cc2)c1. The van der Waals surface area contributed by atoms with E-state index in [4.69, 9.17) is 0 Å². The molecule has 0 unspecified atom stereocenters. The van der Waals surface area contributed by atoms with Crippen LogP contribution in [0.2, 0.25) is 0 Å². The van der Waals surface area contributed by atoms with Crippen molar-refractivity contribution in [1.29, 1.82) is 0 Å². The Morgan fingerprint density at radius 1 is 0.880 bits per heavy atom. The van der Waals surface area contributed by atoms with Crippen LogP contribution in [-0.2, 0) is 0 Å². The monoisotopic (exact) mass is 336 g/mol. The van der Waals surface area contributed by atoms with Crippen molar-refractivity contribution in [3.05, 3.63) is 65.2 Å². The molecule has 2 N–H and O–H groups in total. The van der Waals surface area contributed by atoms with Gasteiger partial charge in [0.2, 0.25) is 0 Å². The highest BCUT2D eigenvalue weighted by atomic mass is 16.2. The molecule has 0 spiro atoms. The summed E-state index contributed by atoms with van der Waals surface area (Å²) in [5.41, 5.74) is 2.99. The second-order valence-electron chi connectivity index (χ2n) is 6.71. The first-order chi connectivity index (χ1) is 12.1. The van der Waals surface area contributed by atoms with E-state index >= 15 is 0 Å². The van der Waals surface area contributed by atoms with Crippen LogP contribution in [0, 0.1) is 6.92 Å². The quantitative estimate of drug-likeness (QED) is 0.874. The molecule has 0 heterocycles. The molecular weight excluding hydrogens is 312 g/mol. The fourth-order valence-corrected chi connectivity index (χ4v) is 3.21. The van der Waals surface area contributed by atoms with Crippen molar-refractivity contribution in [3.8, 4) is 0 Å². The molecule has 0 atom stereocenters. The molecule has 0 radical (unpaired) electrons. The molecule has 0 aliphatic heterocycles. The molecule has 1 saturated carbocycles. The first-order valence-corrected chi connectivity index (χ1v) is 8.91. The van der Waals surface area contributed by atoms with Crippen LogP contribution in [0.5, 0.6) is 0 Å². The number of hydrogen-bond acceptors (Lipinski definition) is 2. The Balaban J connectivity index is 1.61. The first-order valence-electron chi connectivity index (χ1n) is 8.91. The van der Waals surface area contributed by atoms with Crippen molar-refractivity contribution >= 4 is 17.5 Å². The highest BCUT2D eigenvalue weighted by molar-refractivity contribution is 6.05. The molecule has 130 valence electrons.